The molecular formula is C18H18ClN3O4. The number of allylic oxidation sites excluding steroid dienone is 2. The van der Waals surface area contributed by atoms with Crippen molar-refractivity contribution >= 4 is 35.2 Å². The number of imide groups is 1. The van der Waals surface area contributed by atoms with Crippen LogP contribution in [0.5, 0.6) is 0 Å². The van der Waals surface area contributed by atoms with E-state index in [9.17, 15) is 19.2 Å². The van der Waals surface area contributed by atoms with Gasteiger partial charge in [0.05, 0.1) is 11.8 Å². The second-order valence-electron chi connectivity index (χ2n) is 6.33. The van der Waals surface area contributed by atoms with E-state index in [1.54, 1.807) is 12.1 Å². The first-order valence-electron chi connectivity index (χ1n) is 8.28. The molecule has 1 saturated heterocycles. The van der Waals surface area contributed by atoms with Crippen molar-refractivity contribution in [2.45, 2.75) is 25.8 Å². The Kier molecular flexibility index (Phi) is 5.08. The normalized spacial score (nSPS) is 22.8. The summed E-state index contributed by atoms with van der Waals surface area (Å²) in [5, 5.41) is 0.487. The Morgan fingerprint density at radius 3 is 2.12 bits per heavy atom. The fourth-order valence-corrected chi connectivity index (χ4v) is 3.35. The zero-order valence-electron chi connectivity index (χ0n) is 14.1. The molecule has 1 aromatic rings. The molecule has 1 heterocycles. The number of amides is 4. The predicted octanol–water partition coefficient (Wildman–Crippen LogP) is 1.44. The van der Waals surface area contributed by atoms with Crippen molar-refractivity contribution in [3.63, 3.8) is 0 Å². The van der Waals surface area contributed by atoms with Crippen molar-refractivity contribution in [2.75, 3.05) is 0 Å². The van der Waals surface area contributed by atoms with Crippen LogP contribution in [-0.4, -0.2) is 34.6 Å². The lowest BCUT2D eigenvalue weighted by Gasteiger charge is -2.22. The van der Waals surface area contributed by atoms with Crippen molar-refractivity contribution in [3.05, 3.63) is 47.0 Å². The Morgan fingerprint density at radius 1 is 1.04 bits per heavy atom. The Balaban J connectivity index is 1.61. The van der Waals surface area contributed by atoms with Gasteiger partial charge in [0.15, 0.2) is 0 Å². The molecule has 26 heavy (non-hydrogen) atoms. The summed E-state index contributed by atoms with van der Waals surface area (Å²) in [4.78, 5) is 50.3. The van der Waals surface area contributed by atoms with Crippen LogP contribution in [0.3, 0.4) is 0 Å². The van der Waals surface area contributed by atoms with Crippen molar-refractivity contribution in [2.24, 2.45) is 11.8 Å². The van der Waals surface area contributed by atoms with Gasteiger partial charge in [0.1, 0.15) is 6.04 Å². The summed E-state index contributed by atoms with van der Waals surface area (Å²) in [6, 6.07) is 5.12. The van der Waals surface area contributed by atoms with E-state index in [1.807, 2.05) is 12.2 Å². The van der Waals surface area contributed by atoms with E-state index in [0.717, 1.165) is 4.90 Å². The molecule has 0 radical (unpaired) electrons. The van der Waals surface area contributed by atoms with Crippen LogP contribution in [0.25, 0.3) is 0 Å². The van der Waals surface area contributed by atoms with Gasteiger partial charge in [-0.25, -0.2) is 0 Å². The molecule has 4 amide bonds. The summed E-state index contributed by atoms with van der Waals surface area (Å²) in [5.41, 5.74) is 4.85. The average molecular weight is 376 g/mol. The maximum atomic E-state index is 12.5. The Labute approximate surface area is 155 Å². The van der Waals surface area contributed by atoms with Crippen LogP contribution >= 0.6 is 11.6 Å². The molecule has 3 atom stereocenters. The van der Waals surface area contributed by atoms with Crippen LogP contribution in [0, 0.1) is 11.8 Å². The summed E-state index contributed by atoms with van der Waals surface area (Å²) < 4.78 is 0. The number of fused-ring (bicyclic) bond motifs is 1. The fraction of sp³-hybridized carbons (Fsp3) is 0.333. The molecule has 2 aliphatic rings. The second-order valence-corrected chi connectivity index (χ2v) is 6.76. The third-order valence-electron chi connectivity index (χ3n) is 4.71. The summed E-state index contributed by atoms with van der Waals surface area (Å²) in [6.07, 6.45) is 4.78. The molecule has 3 rings (SSSR count). The summed E-state index contributed by atoms with van der Waals surface area (Å²) in [6.45, 7) is 1.46. The number of likely N-dealkylation sites (tertiary alicyclic amines) is 1. The van der Waals surface area contributed by atoms with Gasteiger partial charge in [0.25, 0.3) is 11.8 Å². The maximum Gasteiger partial charge on any atom is 0.269 e. The topological polar surface area (TPSA) is 95.6 Å². The number of benzene rings is 1. The second kappa shape index (κ2) is 7.29. The minimum absolute atomic E-state index is 0.313. The lowest BCUT2D eigenvalue weighted by molar-refractivity contribution is -0.147. The monoisotopic (exact) mass is 375 g/mol. The zero-order valence-corrected chi connectivity index (χ0v) is 14.8. The predicted molar refractivity (Wildman–Crippen MR) is 93.7 cm³/mol. The molecule has 0 unspecified atom stereocenters. The minimum Gasteiger partial charge on any atom is -0.274 e. The van der Waals surface area contributed by atoms with E-state index >= 15 is 0 Å². The van der Waals surface area contributed by atoms with Gasteiger partial charge in [0.2, 0.25) is 11.8 Å². The quantitative estimate of drug-likeness (QED) is 0.474. The molecule has 1 fully saturated rings. The summed E-state index contributed by atoms with van der Waals surface area (Å²) >= 11 is 5.76. The van der Waals surface area contributed by atoms with Crippen LogP contribution in [0.2, 0.25) is 5.02 Å². The number of hydrogen-bond donors (Lipinski definition) is 2. The third kappa shape index (κ3) is 3.35. The number of hydrazine groups is 1. The van der Waals surface area contributed by atoms with E-state index in [2.05, 4.69) is 10.9 Å². The van der Waals surface area contributed by atoms with Gasteiger partial charge in [-0.2, -0.15) is 0 Å². The van der Waals surface area contributed by atoms with Crippen molar-refractivity contribution in [1.29, 1.82) is 0 Å². The van der Waals surface area contributed by atoms with Crippen LogP contribution in [0.4, 0.5) is 0 Å². The van der Waals surface area contributed by atoms with Crippen LogP contribution in [-0.2, 0) is 14.4 Å². The van der Waals surface area contributed by atoms with Crippen molar-refractivity contribution in [3.8, 4) is 0 Å². The lowest BCUT2D eigenvalue weighted by atomic mass is 9.85. The highest BCUT2D eigenvalue weighted by Gasteiger charge is 2.50. The highest BCUT2D eigenvalue weighted by molar-refractivity contribution is 6.30. The van der Waals surface area contributed by atoms with Gasteiger partial charge in [-0.15, -0.1) is 0 Å². The van der Waals surface area contributed by atoms with Gasteiger partial charge < -0.3 is 0 Å². The van der Waals surface area contributed by atoms with E-state index in [-0.39, 0.29) is 11.8 Å². The Morgan fingerprint density at radius 2 is 1.58 bits per heavy atom. The highest BCUT2D eigenvalue weighted by atomic mass is 35.5. The highest BCUT2D eigenvalue weighted by Crippen LogP contribution is 2.35. The van der Waals surface area contributed by atoms with Gasteiger partial charge in [-0.3, -0.25) is 34.9 Å². The van der Waals surface area contributed by atoms with E-state index in [1.165, 1.54) is 19.1 Å². The molecule has 0 spiro atoms. The molecule has 0 aromatic heterocycles. The molecule has 7 nitrogen and oxygen atoms in total. The van der Waals surface area contributed by atoms with Gasteiger partial charge in [-0.05, 0) is 44.0 Å². The van der Waals surface area contributed by atoms with Crippen LogP contribution in [0.1, 0.15) is 30.1 Å². The third-order valence-corrected chi connectivity index (χ3v) is 4.97. The minimum atomic E-state index is -1.01. The average Bonchev–Trinajstić information content (AvgIpc) is 2.90. The smallest absolute Gasteiger partial charge is 0.269 e. The summed E-state index contributed by atoms with van der Waals surface area (Å²) in [7, 11) is 0. The number of nitrogens with zero attached hydrogens (tertiary/aromatic N) is 1. The van der Waals surface area contributed by atoms with Crippen molar-refractivity contribution in [1.82, 2.24) is 15.8 Å². The van der Waals surface area contributed by atoms with E-state index < -0.39 is 29.7 Å². The molecule has 0 bridgehead atoms. The Bertz CT molecular complexity index is 764. The number of hydrogen-bond acceptors (Lipinski definition) is 4. The largest absolute Gasteiger partial charge is 0.274 e. The fourth-order valence-electron chi connectivity index (χ4n) is 3.22. The SMILES string of the molecule is C[C@H](C(=O)NNC(=O)c1ccc(Cl)cc1)N1C(=O)[C@H]2CC=CC[C@H]2C1=O. The molecular weight excluding hydrogens is 358 g/mol. The van der Waals surface area contributed by atoms with Crippen LogP contribution in [0.15, 0.2) is 36.4 Å². The number of halogens is 1. The van der Waals surface area contributed by atoms with Crippen molar-refractivity contribution < 1.29 is 19.2 Å². The molecule has 8 heteroatoms. The zero-order chi connectivity index (χ0) is 18.8. The number of nitrogens with one attached hydrogen (secondary N) is 2. The number of carbonyl (C=O) groups is 4. The van der Waals surface area contributed by atoms with E-state index in [0.29, 0.717) is 23.4 Å². The number of carbonyl (C=O) groups excluding carboxylic acids is 4. The molecule has 1 aromatic carbocycles. The standard InChI is InChI=1S/C18H18ClN3O4/c1-10(22-17(25)13-4-2-3-5-14(13)18(22)26)15(23)20-21-16(24)11-6-8-12(19)9-7-11/h2-3,6-10,13-14H,4-5H2,1H3,(H,20,23)(H,21,24)/t10-,13-,14+/m1/s1. The van der Waals surface area contributed by atoms with Gasteiger partial charge >= 0.3 is 0 Å². The molecule has 1 aliphatic carbocycles. The first-order valence-corrected chi connectivity index (χ1v) is 8.65. The van der Waals surface area contributed by atoms with Gasteiger partial charge in [-0.1, -0.05) is 23.8 Å². The molecule has 1 aliphatic heterocycles. The lowest BCUT2D eigenvalue weighted by Crippen LogP contribution is -2.53. The maximum absolute atomic E-state index is 12.5. The summed E-state index contributed by atoms with van der Waals surface area (Å²) in [5.74, 6) is -2.63. The first kappa shape index (κ1) is 18.1. The molecule has 2 N–H and O–H groups in total. The van der Waals surface area contributed by atoms with E-state index in [4.69, 9.17) is 11.6 Å². The van der Waals surface area contributed by atoms with Gasteiger partial charge in [0, 0.05) is 10.6 Å². The first-order chi connectivity index (χ1) is 12.4. The molecule has 0 saturated carbocycles. The molecule has 136 valence electrons. The van der Waals surface area contributed by atoms with Crippen LogP contribution < -0.4 is 10.9 Å². The number of rotatable bonds is 3. The Hall–Kier alpha value is -2.67.